The Kier molecular flexibility index (Phi) is 6.07. The zero-order valence-electron chi connectivity index (χ0n) is 15.7. The van der Waals surface area contributed by atoms with Gasteiger partial charge in [-0.15, -0.1) is 0 Å². The van der Waals surface area contributed by atoms with Crippen molar-refractivity contribution < 1.29 is 14.3 Å². The third kappa shape index (κ3) is 4.99. The van der Waals surface area contributed by atoms with Crippen molar-refractivity contribution in [2.75, 3.05) is 20.8 Å². The van der Waals surface area contributed by atoms with Gasteiger partial charge in [0.15, 0.2) is 11.5 Å². The number of nitrogens with one attached hydrogen (secondary N) is 1. The summed E-state index contributed by atoms with van der Waals surface area (Å²) in [6.07, 6.45) is 0.393. The number of aryl methyl sites for hydroxylation is 1. The number of benzene rings is 2. The van der Waals surface area contributed by atoms with Crippen LogP contribution in [0.5, 0.6) is 11.5 Å². The minimum Gasteiger partial charge on any atom is -0.493 e. The van der Waals surface area contributed by atoms with Gasteiger partial charge < -0.3 is 14.8 Å². The number of hydrogen-bond acceptors (Lipinski definition) is 3. The molecule has 0 aliphatic rings. The van der Waals surface area contributed by atoms with Crippen LogP contribution in [-0.4, -0.2) is 26.7 Å². The zero-order valence-corrected chi connectivity index (χ0v) is 15.7. The summed E-state index contributed by atoms with van der Waals surface area (Å²) in [6, 6.07) is 13.9. The lowest BCUT2D eigenvalue weighted by Crippen LogP contribution is -2.37. The molecular weight excluding hydrogens is 314 g/mol. The molecule has 25 heavy (non-hydrogen) atoms. The monoisotopic (exact) mass is 341 g/mol. The van der Waals surface area contributed by atoms with Crippen LogP contribution in [0, 0.1) is 6.92 Å². The summed E-state index contributed by atoms with van der Waals surface area (Å²) in [5, 5.41) is 3.04. The average molecular weight is 341 g/mol. The highest BCUT2D eigenvalue weighted by molar-refractivity contribution is 5.78. The van der Waals surface area contributed by atoms with Crippen LogP contribution in [0.25, 0.3) is 0 Å². The molecule has 4 nitrogen and oxygen atoms in total. The highest BCUT2D eigenvalue weighted by atomic mass is 16.5. The van der Waals surface area contributed by atoms with Gasteiger partial charge in [-0.25, -0.2) is 0 Å². The molecule has 1 amide bonds. The predicted octanol–water partition coefficient (Wildman–Crippen LogP) is 3.65. The molecule has 0 aliphatic carbocycles. The summed E-state index contributed by atoms with van der Waals surface area (Å²) >= 11 is 0. The van der Waals surface area contributed by atoms with Crippen molar-refractivity contribution in [2.45, 2.75) is 32.6 Å². The van der Waals surface area contributed by atoms with Crippen molar-refractivity contribution in [3.8, 4) is 11.5 Å². The fourth-order valence-corrected chi connectivity index (χ4v) is 2.75. The molecule has 0 aliphatic heterocycles. The van der Waals surface area contributed by atoms with Gasteiger partial charge in [0.25, 0.3) is 0 Å². The van der Waals surface area contributed by atoms with E-state index in [0.717, 1.165) is 16.7 Å². The zero-order chi connectivity index (χ0) is 18.4. The molecule has 0 spiro atoms. The predicted molar refractivity (Wildman–Crippen MR) is 100 cm³/mol. The number of ether oxygens (including phenoxy) is 2. The third-order valence-electron chi connectivity index (χ3n) is 4.34. The van der Waals surface area contributed by atoms with Gasteiger partial charge in [-0.1, -0.05) is 49.7 Å². The normalized spacial score (nSPS) is 11.1. The summed E-state index contributed by atoms with van der Waals surface area (Å²) < 4.78 is 10.7. The second-order valence-corrected chi connectivity index (χ2v) is 6.90. The fourth-order valence-electron chi connectivity index (χ4n) is 2.75. The molecule has 0 saturated carbocycles. The summed E-state index contributed by atoms with van der Waals surface area (Å²) in [5.74, 6) is 1.42. The molecule has 4 heteroatoms. The Labute approximate surface area is 150 Å². The molecule has 0 radical (unpaired) electrons. The molecule has 134 valence electrons. The van der Waals surface area contributed by atoms with Gasteiger partial charge in [0, 0.05) is 12.0 Å². The molecule has 2 aromatic rings. The van der Waals surface area contributed by atoms with E-state index in [4.69, 9.17) is 9.47 Å². The Morgan fingerprint density at radius 1 is 1.04 bits per heavy atom. The lowest BCUT2D eigenvalue weighted by atomic mass is 9.84. The lowest BCUT2D eigenvalue weighted by Gasteiger charge is -2.26. The molecule has 0 saturated heterocycles. The maximum atomic E-state index is 12.3. The van der Waals surface area contributed by atoms with Crippen molar-refractivity contribution in [1.82, 2.24) is 5.32 Å². The maximum Gasteiger partial charge on any atom is 0.224 e. The first-order valence-electron chi connectivity index (χ1n) is 8.40. The van der Waals surface area contributed by atoms with E-state index in [2.05, 4.69) is 19.2 Å². The molecule has 0 atom stereocenters. The van der Waals surface area contributed by atoms with E-state index in [1.54, 1.807) is 14.2 Å². The molecule has 0 unspecified atom stereocenters. The number of carbonyl (C=O) groups excluding carboxylic acids is 1. The van der Waals surface area contributed by atoms with Gasteiger partial charge in [-0.3, -0.25) is 4.79 Å². The highest BCUT2D eigenvalue weighted by Gasteiger charge is 2.23. The number of hydrogen-bond donors (Lipinski definition) is 1. The smallest absolute Gasteiger partial charge is 0.224 e. The Balaban J connectivity index is 2.02. The van der Waals surface area contributed by atoms with Crippen LogP contribution in [0.1, 0.15) is 30.5 Å². The van der Waals surface area contributed by atoms with E-state index >= 15 is 0 Å². The second kappa shape index (κ2) is 8.06. The minimum absolute atomic E-state index is 0.0270. The molecular formula is C21H27NO3. The van der Waals surface area contributed by atoms with Gasteiger partial charge in [-0.05, 0) is 30.2 Å². The van der Waals surface area contributed by atoms with Crippen LogP contribution in [0.4, 0.5) is 0 Å². The van der Waals surface area contributed by atoms with Gasteiger partial charge in [0.2, 0.25) is 5.91 Å². The summed E-state index contributed by atoms with van der Waals surface area (Å²) in [4.78, 5) is 12.3. The SMILES string of the molecule is COc1ccc(C(C)(C)CNC(=O)Cc2cccc(C)c2)cc1OC. The molecule has 0 fully saturated rings. The lowest BCUT2D eigenvalue weighted by molar-refractivity contribution is -0.120. The molecule has 0 bridgehead atoms. The maximum absolute atomic E-state index is 12.3. The number of amides is 1. The van der Waals surface area contributed by atoms with Crippen molar-refractivity contribution in [3.63, 3.8) is 0 Å². The van der Waals surface area contributed by atoms with Crippen molar-refractivity contribution in [2.24, 2.45) is 0 Å². The third-order valence-corrected chi connectivity index (χ3v) is 4.34. The second-order valence-electron chi connectivity index (χ2n) is 6.90. The highest BCUT2D eigenvalue weighted by Crippen LogP contribution is 2.32. The van der Waals surface area contributed by atoms with Crippen LogP contribution in [0.15, 0.2) is 42.5 Å². The summed E-state index contributed by atoms with van der Waals surface area (Å²) in [7, 11) is 3.24. The van der Waals surface area contributed by atoms with Crippen molar-refractivity contribution >= 4 is 5.91 Å². The molecule has 2 aromatic carbocycles. The van der Waals surface area contributed by atoms with E-state index < -0.39 is 0 Å². The molecule has 0 heterocycles. The van der Waals surface area contributed by atoms with Crippen molar-refractivity contribution in [3.05, 3.63) is 59.2 Å². The first kappa shape index (κ1) is 18.8. The van der Waals surface area contributed by atoms with Gasteiger partial charge in [0.1, 0.15) is 0 Å². The minimum atomic E-state index is -0.220. The topological polar surface area (TPSA) is 47.6 Å². The van der Waals surface area contributed by atoms with Crippen molar-refractivity contribution in [1.29, 1.82) is 0 Å². The van der Waals surface area contributed by atoms with Gasteiger partial charge in [0.05, 0.1) is 20.6 Å². The van der Waals surface area contributed by atoms with E-state index in [0.29, 0.717) is 24.5 Å². The fraction of sp³-hybridized carbons (Fsp3) is 0.381. The first-order valence-corrected chi connectivity index (χ1v) is 8.40. The van der Waals surface area contributed by atoms with E-state index in [1.165, 1.54) is 0 Å². The van der Waals surface area contributed by atoms with E-state index in [-0.39, 0.29) is 11.3 Å². The number of rotatable bonds is 7. The standard InChI is InChI=1S/C21H27NO3/c1-15-7-6-8-16(11-15)12-20(23)22-14-21(2,3)17-9-10-18(24-4)19(13-17)25-5/h6-11,13H,12,14H2,1-5H3,(H,22,23). The number of carbonyl (C=O) groups is 1. The number of methoxy groups -OCH3 is 2. The van der Waals surface area contributed by atoms with Crippen LogP contribution < -0.4 is 14.8 Å². The van der Waals surface area contributed by atoms with Gasteiger partial charge >= 0.3 is 0 Å². The largest absolute Gasteiger partial charge is 0.493 e. The van der Waals surface area contributed by atoms with Crippen LogP contribution in [0.2, 0.25) is 0 Å². The summed E-state index contributed by atoms with van der Waals surface area (Å²) in [6.45, 7) is 6.77. The van der Waals surface area contributed by atoms with Crippen LogP contribution >= 0.6 is 0 Å². The van der Waals surface area contributed by atoms with Gasteiger partial charge in [-0.2, -0.15) is 0 Å². The average Bonchev–Trinajstić information content (AvgIpc) is 2.59. The Bertz CT molecular complexity index is 738. The Hall–Kier alpha value is -2.49. The molecule has 0 aromatic heterocycles. The molecule has 1 N–H and O–H groups in total. The van der Waals surface area contributed by atoms with E-state index in [9.17, 15) is 4.79 Å². The van der Waals surface area contributed by atoms with E-state index in [1.807, 2.05) is 49.4 Å². The molecule has 2 rings (SSSR count). The first-order chi connectivity index (χ1) is 11.9. The quantitative estimate of drug-likeness (QED) is 0.836. The van der Waals surface area contributed by atoms with Crippen LogP contribution in [0.3, 0.4) is 0 Å². The Morgan fingerprint density at radius 3 is 2.40 bits per heavy atom. The van der Waals surface area contributed by atoms with Crippen LogP contribution in [-0.2, 0) is 16.6 Å². The summed E-state index contributed by atoms with van der Waals surface area (Å²) in [5.41, 5.74) is 3.06. The Morgan fingerprint density at radius 2 is 1.76 bits per heavy atom.